The molecular weight excluding hydrogens is 458 g/mol. The summed E-state index contributed by atoms with van der Waals surface area (Å²) in [6, 6.07) is 23.9. The zero-order chi connectivity index (χ0) is 26.4. The summed E-state index contributed by atoms with van der Waals surface area (Å²) in [5.41, 5.74) is 4.78. The molecule has 1 atom stereocenters. The lowest BCUT2D eigenvalue weighted by Gasteiger charge is -2.20. The van der Waals surface area contributed by atoms with Crippen molar-refractivity contribution in [3.05, 3.63) is 95.4 Å². The molecule has 0 fully saturated rings. The molecule has 0 bridgehead atoms. The van der Waals surface area contributed by atoms with Gasteiger partial charge in [0.1, 0.15) is 0 Å². The van der Waals surface area contributed by atoms with Crippen LogP contribution in [0.25, 0.3) is 22.6 Å². The highest BCUT2D eigenvalue weighted by Crippen LogP contribution is 2.33. The predicted molar refractivity (Wildman–Crippen MR) is 148 cm³/mol. The highest BCUT2D eigenvalue weighted by molar-refractivity contribution is 5.97. The van der Waals surface area contributed by atoms with Gasteiger partial charge in [-0.25, -0.2) is 0 Å². The minimum absolute atomic E-state index is 0.0617. The van der Waals surface area contributed by atoms with E-state index in [1.54, 1.807) is 0 Å². The average molecular weight is 492 g/mol. The lowest BCUT2D eigenvalue weighted by molar-refractivity contribution is 0.0939. The molecule has 0 radical (unpaired) electrons. The highest BCUT2D eigenvalue weighted by atomic mass is 16.4. The summed E-state index contributed by atoms with van der Waals surface area (Å²) in [7, 11) is 0. The number of hydrogen-bond acceptors (Lipinski definition) is 4. The van der Waals surface area contributed by atoms with Crippen LogP contribution in [-0.2, 0) is 11.8 Å². The highest BCUT2D eigenvalue weighted by Gasteiger charge is 2.28. The summed E-state index contributed by atoms with van der Waals surface area (Å²) in [5.74, 6) is 6.95. The quantitative estimate of drug-likeness (QED) is 0.275. The van der Waals surface area contributed by atoms with Crippen LogP contribution >= 0.6 is 0 Å². The molecule has 0 aliphatic carbocycles. The monoisotopic (exact) mass is 491 g/mol. The molecule has 5 heteroatoms. The van der Waals surface area contributed by atoms with Crippen LogP contribution in [0.4, 0.5) is 0 Å². The molecule has 3 aromatic carbocycles. The minimum Gasteiger partial charge on any atom is -0.420 e. The second-order valence-corrected chi connectivity index (χ2v) is 9.96. The smallest absolute Gasteiger partial charge is 0.251 e. The lowest BCUT2D eigenvalue weighted by atomic mass is 9.86. The zero-order valence-corrected chi connectivity index (χ0v) is 22.1. The Morgan fingerprint density at radius 2 is 1.70 bits per heavy atom. The maximum Gasteiger partial charge on any atom is 0.251 e. The molecule has 0 aliphatic rings. The van der Waals surface area contributed by atoms with Gasteiger partial charge in [-0.2, -0.15) is 0 Å². The Balaban J connectivity index is 1.77. The van der Waals surface area contributed by atoms with Crippen molar-refractivity contribution in [3.8, 4) is 34.4 Å². The van der Waals surface area contributed by atoms with Gasteiger partial charge >= 0.3 is 0 Å². The van der Waals surface area contributed by atoms with Crippen molar-refractivity contribution in [1.82, 2.24) is 15.5 Å². The van der Waals surface area contributed by atoms with Crippen LogP contribution < -0.4 is 5.32 Å². The fraction of sp³-hybridized carbons (Fsp3) is 0.281. The molecule has 4 aromatic rings. The van der Waals surface area contributed by atoms with Crippen LogP contribution in [0.5, 0.6) is 0 Å². The van der Waals surface area contributed by atoms with Gasteiger partial charge in [0.25, 0.3) is 5.91 Å². The third-order valence-corrected chi connectivity index (χ3v) is 6.42. The number of hydrogen-bond donors (Lipinski definition) is 1. The predicted octanol–water partition coefficient (Wildman–Crippen LogP) is 6.82. The zero-order valence-electron chi connectivity index (χ0n) is 22.1. The Labute approximate surface area is 219 Å². The van der Waals surface area contributed by atoms with E-state index >= 15 is 0 Å². The van der Waals surface area contributed by atoms with Gasteiger partial charge in [0.2, 0.25) is 11.8 Å². The second-order valence-electron chi connectivity index (χ2n) is 9.96. The van der Waals surface area contributed by atoms with Crippen LogP contribution in [0.3, 0.4) is 0 Å². The van der Waals surface area contributed by atoms with Crippen molar-refractivity contribution < 1.29 is 9.21 Å². The number of nitrogens with zero attached hydrogens (tertiary/aromatic N) is 2. The molecule has 0 saturated carbocycles. The second kappa shape index (κ2) is 11.3. The van der Waals surface area contributed by atoms with E-state index < -0.39 is 0 Å². The minimum atomic E-state index is -0.357. The number of rotatable bonds is 8. The third kappa shape index (κ3) is 6.16. The Bertz CT molecular complexity index is 1440. The van der Waals surface area contributed by atoms with E-state index in [1.807, 2.05) is 81.4 Å². The van der Waals surface area contributed by atoms with Crippen molar-refractivity contribution in [2.75, 3.05) is 0 Å². The summed E-state index contributed by atoms with van der Waals surface area (Å²) in [5, 5.41) is 11.9. The lowest BCUT2D eigenvalue weighted by Crippen LogP contribution is -2.31. The molecule has 1 aromatic heterocycles. The molecule has 4 rings (SSSR count). The fourth-order valence-electron chi connectivity index (χ4n) is 4.22. The molecule has 1 N–H and O–H groups in total. The van der Waals surface area contributed by atoms with Crippen LogP contribution in [0.2, 0.25) is 0 Å². The van der Waals surface area contributed by atoms with Gasteiger partial charge in [0.15, 0.2) is 0 Å². The Hall–Kier alpha value is -4.17. The van der Waals surface area contributed by atoms with Crippen LogP contribution in [0.1, 0.15) is 68.4 Å². The molecule has 1 unspecified atom stereocenters. The Kier molecular flexibility index (Phi) is 7.89. The molecule has 0 spiro atoms. The van der Waals surface area contributed by atoms with Crippen molar-refractivity contribution >= 4 is 5.91 Å². The molecule has 188 valence electrons. The van der Waals surface area contributed by atoms with Gasteiger partial charge in [0.05, 0.1) is 0 Å². The van der Waals surface area contributed by atoms with Crippen molar-refractivity contribution in [3.63, 3.8) is 0 Å². The molecular formula is C32H33N3O2. The van der Waals surface area contributed by atoms with E-state index in [-0.39, 0.29) is 17.4 Å². The normalized spacial score (nSPS) is 11.9. The van der Waals surface area contributed by atoms with E-state index in [4.69, 9.17) is 4.42 Å². The molecule has 1 heterocycles. The number of nitrogens with one attached hydrogen (secondary N) is 1. The average Bonchev–Trinajstić information content (AvgIpc) is 3.41. The van der Waals surface area contributed by atoms with E-state index in [2.05, 4.69) is 53.3 Å². The maximum absolute atomic E-state index is 13.2. The largest absolute Gasteiger partial charge is 0.420 e. The first-order valence-electron chi connectivity index (χ1n) is 12.7. The van der Waals surface area contributed by atoms with Crippen molar-refractivity contribution in [2.45, 2.75) is 58.9 Å². The third-order valence-electron chi connectivity index (χ3n) is 6.42. The maximum atomic E-state index is 13.2. The van der Waals surface area contributed by atoms with E-state index in [0.717, 1.165) is 29.5 Å². The first kappa shape index (κ1) is 25.9. The van der Waals surface area contributed by atoms with Gasteiger partial charge in [-0.15, -0.1) is 16.1 Å². The summed E-state index contributed by atoms with van der Waals surface area (Å²) in [6.45, 7) is 10.0. The SMILES string of the molecule is CC#Cc1ccccc1-c1cc(C(=O)NC(C)CC)cc(-c2nnc(C(C)(C)Cc3ccccc3)o2)c1. The first-order valence-corrected chi connectivity index (χ1v) is 12.7. The molecule has 1 amide bonds. The van der Waals surface area contributed by atoms with E-state index in [9.17, 15) is 4.79 Å². The summed E-state index contributed by atoms with van der Waals surface area (Å²) in [4.78, 5) is 13.2. The van der Waals surface area contributed by atoms with E-state index in [0.29, 0.717) is 22.9 Å². The Morgan fingerprint density at radius 3 is 2.43 bits per heavy atom. The standard InChI is InChI=1S/C32H33N3O2/c1-6-13-24-16-11-12-17-28(24)25-18-26(29(36)33-22(3)7-2)20-27(19-25)30-34-35-31(37-30)32(4,5)21-23-14-9-8-10-15-23/h8-12,14-20,22H,7,21H2,1-5H3,(H,33,36). The van der Waals surface area contributed by atoms with Gasteiger partial charge in [-0.3, -0.25) is 4.79 Å². The van der Waals surface area contributed by atoms with Crippen LogP contribution in [0.15, 0.2) is 77.2 Å². The molecule has 0 saturated heterocycles. The molecule has 0 aliphatic heterocycles. The number of carbonyl (C=O) groups excluding carboxylic acids is 1. The first-order chi connectivity index (χ1) is 17.8. The number of amides is 1. The number of carbonyl (C=O) groups is 1. The number of benzene rings is 3. The van der Waals surface area contributed by atoms with Gasteiger partial charge < -0.3 is 9.73 Å². The number of aromatic nitrogens is 2. The van der Waals surface area contributed by atoms with Crippen LogP contribution in [0, 0.1) is 11.8 Å². The van der Waals surface area contributed by atoms with Crippen LogP contribution in [-0.4, -0.2) is 22.1 Å². The summed E-state index contributed by atoms with van der Waals surface area (Å²) < 4.78 is 6.23. The summed E-state index contributed by atoms with van der Waals surface area (Å²) >= 11 is 0. The van der Waals surface area contributed by atoms with Gasteiger partial charge in [-0.05, 0) is 67.6 Å². The summed E-state index contributed by atoms with van der Waals surface area (Å²) in [6.07, 6.45) is 1.61. The fourth-order valence-corrected chi connectivity index (χ4v) is 4.22. The van der Waals surface area contributed by atoms with Crippen molar-refractivity contribution in [2.24, 2.45) is 0 Å². The van der Waals surface area contributed by atoms with E-state index in [1.165, 1.54) is 5.56 Å². The Morgan fingerprint density at radius 1 is 1.00 bits per heavy atom. The van der Waals surface area contributed by atoms with Gasteiger partial charge in [-0.1, -0.05) is 75.2 Å². The topological polar surface area (TPSA) is 68.0 Å². The molecule has 37 heavy (non-hydrogen) atoms. The van der Waals surface area contributed by atoms with Crippen molar-refractivity contribution in [1.29, 1.82) is 0 Å². The van der Waals surface area contributed by atoms with Gasteiger partial charge in [0, 0.05) is 28.1 Å². The molecule has 5 nitrogen and oxygen atoms in total.